The Morgan fingerprint density at radius 3 is 2.30 bits per heavy atom. The zero-order valence-electron chi connectivity index (χ0n) is 25.5. The summed E-state index contributed by atoms with van der Waals surface area (Å²) in [6.07, 6.45) is 1.18. The number of nitrogens with two attached hydrogens (primary N) is 1. The molecule has 14 heteroatoms. The number of halogens is 1. The van der Waals surface area contributed by atoms with E-state index in [2.05, 4.69) is 10.3 Å². The number of nitrogen functional groups attached to an aromatic ring is 1. The third kappa shape index (κ3) is 12.0. The predicted molar refractivity (Wildman–Crippen MR) is 160 cm³/mol. The van der Waals surface area contributed by atoms with Gasteiger partial charge < -0.3 is 30.2 Å². The zero-order valence-corrected chi connectivity index (χ0v) is 26.4. The van der Waals surface area contributed by atoms with E-state index in [0.717, 1.165) is 17.4 Å². The van der Waals surface area contributed by atoms with Gasteiger partial charge in [0.2, 0.25) is 5.91 Å². The first-order valence-electron chi connectivity index (χ1n) is 13.7. The van der Waals surface area contributed by atoms with Gasteiger partial charge >= 0.3 is 17.9 Å². The summed E-state index contributed by atoms with van der Waals surface area (Å²) in [6, 6.07) is 2.51. The second-order valence-corrected chi connectivity index (χ2v) is 12.6. The number of benzene rings is 1. The highest BCUT2D eigenvalue weighted by molar-refractivity contribution is 7.17. The van der Waals surface area contributed by atoms with Crippen LogP contribution < -0.4 is 20.7 Å². The number of hydrogen-bond donors (Lipinski definition) is 3. The fourth-order valence-electron chi connectivity index (χ4n) is 3.58. The van der Waals surface area contributed by atoms with Crippen molar-refractivity contribution in [3.8, 4) is 5.75 Å². The van der Waals surface area contributed by atoms with E-state index in [1.807, 2.05) is 6.92 Å². The molecule has 1 amide bonds. The Hall–Kier alpha value is -4.07. The largest absolute Gasteiger partial charge is 0.460 e. The number of rotatable bonds is 13. The molecule has 1 aromatic carbocycles. The number of nitrogens with zero attached hydrogens (tertiary/aromatic N) is 2. The number of aromatic nitrogens is 1. The molecule has 0 fully saturated rings. The van der Waals surface area contributed by atoms with Crippen molar-refractivity contribution in [1.29, 1.82) is 5.41 Å². The quantitative estimate of drug-likeness (QED) is 0.129. The van der Waals surface area contributed by atoms with Gasteiger partial charge in [-0.2, -0.15) is 0 Å². The Morgan fingerprint density at radius 2 is 1.74 bits per heavy atom. The number of esters is 3. The molecular formula is C29H40FN5O7S. The molecular weight excluding hydrogens is 581 g/mol. The van der Waals surface area contributed by atoms with Gasteiger partial charge in [-0.05, 0) is 73.1 Å². The zero-order chi connectivity index (χ0) is 32.5. The average Bonchev–Trinajstić information content (AvgIpc) is 3.36. The summed E-state index contributed by atoms with van der Waals surface area (Å²) in [6.45, 7) is 12.8. The number of carbonyl (C=O) groups is 4. The number of nitrogens with one attached hydrogen (secondary N) is 2. The molecule has 2 aromatic rings. The van der Waals surface area contributed by atoms with E-state index < -0.39 is 46.9 Å². The summed E-state index contributed by atoms with van der Waals surface area (Å²) >= 11 is 1.01. The first-order valence-corrected chi connectivity index (χ1v) is 14.5. The van der Waals surface area contributed by atoms with E-state index >= 15 is 0 Å². The van der Waals surface area contributed by atoms with Crippen LogP contribution in [0.2, 0.25) is 0 Å². The van der Waals surface area contributed by atoms with Crippen LogP contribution in [-0.2, 0) is 23.9 Å². The molecule has 236 valence electrons. The highest BCUT2D eigenvalue weighted by Gasteiger charge is 2.28. The topological polar surface area (TPSA) is 174 Å². The maximum absolute atomic E-state index is 14.3. The summed E-state index contributed by atoms with van der Waals surface area (Å²) < 4.78 is 30.2. The van der Waals surface area contributed by atoms with Crippen molar-refractivity contribution in [2.45, 2.75) is 85.0 Å². The van der Waals surface area contributed by atoms with E-state index in [1.54, 1.807) is 46.4 Å². The summed E-state index contributed by atoms with van der Waals surface area (Å²) in [7, 11) is 0. The molecule has 0 bridgehead atoms. The molecule has 0 aliphatic rings. The highest BCUT2D eigenvalue weighted by Crippen LogP contribution is 2.26. The van der Waals surface area contributed by atoms with Crippen molar-refractivity contribution < 1.29 is 37.8 Å². The maximum Gasteiger partial charge on any atom is 0.355 e. The Bertz CT molecular complexity index is 1330. The molecule has 0 unspecified atom stereocenters. The van der Waals surface area contributed by atoms with Crippen LogP contribution >= 0.6 is 11.3 Å². The molecule has 1 heterocycles. The normalized spacial score (nSPS) is 12.2. The van der Waals surface area contributed by atoms with E-state index in [-0.39, 0.29) is 47.8 Å². The second-order valence-electron chi connectivity index (χ2n) is 11.6. The maximum atomic E-state index is 14.3. The van der Waals surface area contributed by atoms with Crippen LogP contribution in [0.15, 0.2) is 24.4 Å². The summed E-state index contributed by atoms with van der Waals surface area (Å²) in [5.41, 5.74) is 4.02. The van der Waals surface area contributed by atoms with Crippen LogP contribution in [0.1, 0.15) is 83.0 Å². The Balaban J connectivity index is 2.02. The molecule has 0 spiro atoms. The van der Waals surface area contributed by atoms with Crippen molar-refractivity contribution in [3.05, 3.63) is 40.7 Å². The average molecular weight is 622 g/mol. The Labute approximate surface area is 254 Å². The summed E-state index contributed by atoms with van der Waals surface area (Å²) in [5, 5.41) is 10.5. The van der Waals surface area contributed by atoms with Crippen molar-refractivity contribution in [1.82, 2.24) is 10.3 Å². The standard InChI is InChI=1S/C29H40FN5O7S/c1-8-35(27-33-16-21(43-27)26(39)40-20-11-9-17(24(31)32)15-18(20)30)14-13-22(36)34-19(25(38)42-29(5,6)7)10-12-23(37)41-28(2,3)4/h9,11,15-16,19H,8,10,12-14H2,1-7H3,(H3,31,32)(H,34,36)/t19-/m1/s1. The van der Waals surface area contributed by atoms with Crippen LogP contribution in [0.5, 0.6) is 5.75 Å². The lowest BCUT2D eigenvalue weighted by atomic mass is 10.1. The van der Waals surface area contributed by atoms with Crippen molar-refractivity contribution in [2.24, 2.45) is 5.73 Å². The number of thiazole rings is 1. The van der Waals surface area contributed by atoms with Crippen molar-refractivity contribution in [3.63, 3.8) is 0 Å². The number of hydrogen-bond acceptors (Lipinski definition) is 11. The fourth-order valence-corrected chi connectivity index (χ4v) is 4.46. The summed E-state index contributed by atoms with van der Waals surface area (Å²) in [5.74, 6) is -3.91. The third-order valence-electron chi connectivity index (χ3n) is 5.48. The van der Waals surface area contributed by atoms with Gasteiger partial charge in [0.05, 0.1) is 6.20 Å². The third-order valence-corrected chi connectivity index (χ3v) is 6.52. The SMILES string of the molecule is CCN(CCC(=O)N[C@H](CCC(=O)OC(C)(C)C)C(=O)OC(C)(C)C)c1ncc(C(=O)Oc2ccc(C(=N)N)cc2F)s1. The molecule has 2 rings (SSSR count). The number of carbonyl (C=O) groups excluding carboxylic acids is 4. The molecule has 0 saturated heterocycles. The summed E-state index contributed by atoms with van der Waals surface area (Å²) in [4.78, 5) is 56.6. The van der Waals surface area contributed by atoms with E-state index in [1.165, 1.54) is 18.3 Å². The van der Waals surface area contributed by atoms with Crippen LogP contribution in [0.3, 0.4) is 0 Å². The van der Waals surface area contributed by atoms with E-state index in [0.29, 0.717) is 11.7 Å². The molecule has 43 heavy (non-hydrogen) atoms. The van der Waals surface area contributed by atoms with Crippen LogP contribution in [-0.4, -0.2) is 65.0 Å². The van der Waals surface area contributed by atoms with Crippen molar-refractivity contribution >= 4 is 46.1 Å². The van der Waals surface area contributed by atoms with E-state index in [9.17, 15) is 23.6 Å². The second kappa shape index (κ2) is 14.9. The number of amides is 1. The lowest BCUT2D eigenvalue weighted by Crippen LogP contribution is -2.45. The first kappa shape index (κ1) is 35.1. The van der Waals surface area contributed by atoms with Crippen LogP contribution in [0.4, 0.5) is 9.52 Å². The monoisotopic (exact) mass is 621 g/mol. The first-order chi connectivity index (χ1) is 19.9. The number of ether oxygens (including phenoxy) is 3. The molecule has 1 aromatic heterocycles. The minimum absolute atomic E-state index is 0.00306. The smallest absolute Gasteiger partial charge is 0.355 e. The molecule has 0 aliphatic heterocycles. The van der Waals surface area contributed by atoms with Crippen molar-refractivity contribution in [2.75, 3.05) is 18.0 Å². The molecule has 0 aliphatic carbocycles. The molecule has 12 nitrogen and oxygen atoms in total. The lowest BCUT2D eigenvalue weighted by Gasteiger charge is -2.25. The molecule has 1 atom stereocenters. The highest BCUT2D eigenvalue weighted by atomic mass is 32.1. The van der Waals surface area contributed by atoms with Gasteiger partial charge in [-0.1, -0.05) is 11.3 Å². The van der Waals surface area contributed by atoms with Gasteiger partial charge in [0, 0.05) is 31.5 Å². The Kier molecular flexibility index (Phi) is 12.2. The van der Waals surface area contributed by atoms with Gasteiger partial charge in [-0.3, -0.25) is 15.0 Å². The molecule has 0 saturated carbocycles. The lowest BCUT2D eigenvalue weighted by molar-refractivity contribution is -0.160. The van der Waals surface area contributed by atoms with Gasteiger partial charge in [0.1, 0.15) is 28.0 Å². The van der Waals surface area contributed by atoms with Gasteiger partial charge in [-0.25, -0.2) is 19.0 Å². The predicted octanol–water partition coefficient (Wildman–Crippen LogP) is 3.95. The van der Waals surface area contributed by atoms with Gasteiger partial charge in [0.25, 0.3) is 0 Å². The Morgan fingerprint density at radius 1 is 1.09 bits per heavy atom. The molecule has 0 radical (unpaired) electrons. The fraction of sp³-hybridized carbons (Fsp3) is 0.517. The molecule has 4 N–H and O–H groups in total. The minimum atomic E-state index is -1.06. The minimum Gasteiger partial charge on any atom is -0.460 e. The van der Waals surface area contributed by atoms with Crippen LogP contribution in [0, 0.1) is 11.2 Å². The van der Waals surface area contributed by atoms with Crippen LogP contribution in [0.25, 0.3) is 0 Å². The van der Waals surface area contributed by atoms with Gasteiger partial charge in [0.15, 0.2) is 16.7 Å². The number of amidine groups is 1. The number of anilines is 1. The van der Waals surface area contributed by atoms with Gasteiger partial charge in [-0.15, -0.1) is 0 Å². The van der Waals surface area contributed by atoms with E-state index in [4.69, 9.17) is 25.4 Å².